The van der Waals surface area contributed by atoms with Crippen LogP contribution in [0, 0.1) is 5.82 Å². The van der Waals surface area contributed by atoms with Gasteiger partial charge in [-0.05, 0) is 29.8 Å². The van der Waals surface area contributed by atoms with Crippen molar-refractivity contribution in [3.05, 3.63) is 53.8 Å². The van der Waals surface area contributed by atoms with Gasteiger partial charge >= 0.3 is 0 Å². The molecule has 0 radical (unpaired) electrons. The summed E-state index contributed by atoms with van der Waals surface area (Å²) in [4.78, 5) is 2.25. The molecule has 2 heterocycles. The smallest absolute Gasteiger partial charge is 0.240 e. The molecule has 0 saturated carbocycles. The summed E-state index contributed by atoms with van der Waals surface area (Å²) < 4.78 is 58.2. The van der Waals surface area contributed by atoms with Crippen LogP contribution in [0.1, 0.15) is 11.6 Å². The Morgan fingerprint density at radius 2 is 1.63 bits per heavy atom. The van der Waals surface area contributed by atoms with Crippen molar-refractivity contribution >= 4 is 22.4 Å². The second kappa shape index (κ2) is 9.93. The maximum atomic E-state index is 13.4. The number of rotatable bonds is 6. The van der Waals surface area contributed by atoms with E-state index in [0.29, 0.717) is 51.0 Å². The van der Waals surface area contributed by atoms with Crippen molar-refractivity contribution in [2.45, 2.75) is 10.9 Å². The average Bonchev–Trinajstić information content (AvgIpc) is 2.75. The Labute approximate surface area is 181 Å². The van der Waals surface area contributed by atoms with Crippen LogP contribution < -0.4 is 14.2 Å². The summed E-state index contributed by atoms with van der Waals surface area (Å²) in [6.45, 7) is 3.48. The normalized spacial score (nSPS) is 17.8. The molecule has 0 amide bonds. The molecule has 30 heavy (non-hydrogen) atoms. The maximum Gasteiger partial charge on any atom is 0.240 e. The summed E-state index contributed by atoms with van der Waals surface area (Å²) in [6, 6.07) is 10.5. The summed E-state index contributed by atoms with van der Waals surface area (Å²) in [7, 11) is -3.76. The van der Waals surface area contributed by atoms with Crippen LogP contribution in [0.4, 0.5) is 4.39 Å². The number of fused-ring (bicyclic) bond motifs is 1. The summed E-state index contributed by atoms with van der Waals surface area (Å²) in [5, 5.41) is 0. The molecule has 1 fully saturated rings. The first kappa shape index (κ1) is 22.8. The van der Waals surface area contributed by atoms with Crippen LogP contribution in [-0.2, 0) is 14.8 Å². The first-order valence-corrected chi connectivity index (χ1v) is 11.0. The fourth-order valence-corrected chi connectivity index (χ4v) is 4.55. The van der Waals surface area contributed by atoms with Crippen LogP contribution in [0.2, 0.25) is 0 Å². The van der Waals surface area contributed by atoms with Gasteiger partial charge in [-0.2, -0.15) is 0 Å². The highest BCUT2D eigenvalue weighted by atomic mass is 35.5. The Bertz CT molecular complexity index is 952. The third-order valence-corrected chi connectivity index (χ3v) is 6.45. The van der Waals surface area contributed by atoms with Crippen LogP contribution in [0.25, 0.3) is 0 Å². The van der Waals surface area contributed by atoms with E-state index in [2.05, 4.69) is 9.62 Å². The topological polar surface area (TPSA) is 77.1 Å². The van der Waals surface area contributed by atoms with Gasteiger partial charge in [0, 0.05) is 31.7 Å². The molecule has 2 aliphatic rings. The highest BCUT2D eigenvalue weighted by Crippen LogP contribution is 2.32. The zero-order valence-electron chi connectivity index (χ0n) is 16.3. The number of hydrogen-bond donors (Lipinski definition) is 1. The third-order valence-electron chi connectivity index (χ3n) is 5.03. The molecule has 2 aromatic rings. The molecule has 1 unspecified atom stereocenters. The predicted molar refractivity (Wildman–Crippen MR) is 111 cm³/mol. The number of ether oxygens (including phenoxy) is 3. The highest BCUT2D eigenvalue weighted by Gasteiger charge is 2.26. The molecular weight excluding hydrogens is 435 g/mol. The van der Waals surface area contributed by atoms with Crippen molar-refractivity contribution in [1.82, 2.24) is 9.62 Å². The van der Waals surface area contributed by atoms with E-state index in [9.17, 15) is 12.8 Å². The zero-order chi connectivity index (χ0) is 20.3. The molecule has 0 spiro atoms. The standard InChI is InChI=1S/C20H23FN2O5S.ClH/c21-16-3-1-15(2-4-16)18(23-7-9-26-10-8-23)14-22-29(24,25)17-5-6-19-20(13-17)28-12-11-27-19;/h1-6,13,18,22H,7-12,14H2;1H. The van der Waals surface area contributed by atoms with Crippen molar-refractivity contribution in [2.24, 2.45) is 0 Å². The van der Waals surface area contributed by atoms with Gasteiger partial charge < -0.3 is 14.2 Å². The number of benzene rings is 2. The van der Waals surface area contributed by atoms with E-state index in [4.69, 9.17) is 14.2 Å². The van der Waals surface area contributed by atoms with Crippen molar-refractivity contribution in [3.63, 3.8) is 0 Å². The first-order chi connectivity index (χ1) is 14.0. The van der Waals surface area contributed by atoms with E-state index < -0.39 is 10.0 Å². The molecule has 0 aromatic heterocycles. The van der Waals surface area contributed by atoms with E-state index in [-0.39, 0.29) is 35.7 Å². The molecule has 0 bridgehead atoms. The summed E-state index contributed by atoms with van der Waals surface area (Å²) in [5.74, 6) is 0.626. The second-order valence-corrected chi connectivity index (χ2v) is 8.64. The number of nitrogens with zero attached hydrogens (tertiary/aromatic N) is 1. The maximum absolute atomic E-state index is 13.4. The average molecular weight is 459 g/mol. The van der Waals surface area contributed by atoms with E-state index in [1.54, 1.807) is 18.2 Å². The lowest BCUT2D eigenvalue weighted by Gasteiger charge is -2.35. The number of hydrogen-bond acceptors (Lipinski definition) is 6. The largest absolute Gasteiger partial charge is 0.486 e. The Kier molecular flexibility index (Phi) is 7.54. The molecule has 10 heteroatoms. The van der Waals surface area contributed by atoms with Gasteiger partial charge in [0.15, 0.2) is 11.5 Å². The predicted octanol–water partition coefficient (Wildman–Crippen LogP) is 2.37. The third kappa shape index (κ3) is 5.22. The summed E-state index contributed by atoms with van der Waals surface area (Å²) in [5.41, 5.74) is 0.846. The molecule has 7 nitrogen and oxygen atoms in total. The van der Waals surface area contributed by atoms with Gasteiger partial charge in [-0.25, -0.2) is 17.5 Å². The number of morpholine rings is 1. The monoisotopic (exact) mass is 458 g/mol. The quantitative estimate of drug-likeness (QED) is 0.716. The number of halogens is 2. The van der Waals surface area contributed by atoms with Gasteiger partial charge in [0.1, 0.15) is 19.0 Å². The number of sulfonamides is 1. The van der Waals surface area contributed by atoms with Crippen molar-refractivity contribution in [2.75, 3.05) is 46.1 Å². The Morgan fingerprint density at radius 3 is 2.33 bits per heavy atom. The lowest BCUT2D eigenvalue weighted by molar-refractivity contribution is 0.0172. The van der Waals surface area contributed by atoms with Crippen molar-refractivity contribution in [3.8, 4) is 11.5 Å². The molecule has 1 atom stereocenters. The van der Waals surface area contributed by atoms with Crippen LogP contribution in [-0.4, -0.2) is 59.4 Å². The Morgan fingerprint density at radius 1 is 0.967 bits per heavy atom. The first-order valence-electron chi connectivity index (χ1n) is 9.49. The summed E-state index contributed by atoms with van der Waals surface area (Å²) >= 11 is 0. The minimum atomic E-state index is -3.76. The molecule has 1 saturated heterocycles. The van der Waals surface area contributed by atoms with Crippen molar-refractivity contribution < 1.29 is 27.0 Å². The van der Waals surface area contributed by atoms with Gasteiger partial charge in [0.25, 0.3) is 0 Å². The molecule has 0 aliphatic carbocycles. The fraction of sp³-hybridized carbons (Fsp3) is 0.400. The van der Waals surface area contributed by atoms with E-state index in [0.717, 1.165) is 5.56 Å². The second-order valence-electron chi connectivity index (χ2n) is 6.87. The van der Waals surface area contributed by atoms with Crippen LogP contribution in [0.15, 0.2) is 47.4 Å². The Hall–Kier alpha value is -1.91. The molecule has 164 valence electrons. The van der Waals surface area contributed by atoms with E-state index in [1.807, 2.05) is 0 Å². The van der Waals surface area contributed by atoms with E-state index in [1.165, 1.54) is 24.3 Å². The van der Waals surface area contributed by atoms with E-state index >= 15 is 0 Å². The number of nitrogens with one attached hydrogen (secondary N) is 1. The SMILES string of the molecule is Cl.O=S(=O)(NCC(c1ccc(F)cc1)N1CCOCC1)c1ccc2c(c1)OCCO2. The van der Waals surface area contributed by atoms with Crippen molar-refractivity contribution in [1.29, 1.82) is 0 Å². The zero-order valence-corrected chi connectivity index (χ0v) is 17.9. The summed E-state index contributed by atoms with van der Waals surface area (Å²) in [6.07, 6.45) is 0. The lowest BCUT2D eigenvalue weighted by atomic mass is 10.0. The molecule has 2 aliphatic heterocycles. The molecule has 4 rings (SSSR count). The van der Waals surface area contributed by atoms with Gasteiger partial charge in [0.05, 0.1) is 18.1 Å². The molecular formula is C20H24ClFN2O5S. The van der Waals surface area contributed by atoms with Gasteiger partial charge in [0.2, 0.25) is 10.0 Å². The van der Waals surface area contributed by atoms with Crippen LogP contribution in [0.5, 0.6) is 11.5 Å². The Balaban J connectivity index is 0.00000256. The lowest BCUT2D eigenvalue weighted by Crippen LogP contribution is -2.43. The van der Waals surface area contributed by atoms with Gasteiger partial charge in [-0.15, -0.1) is 12.4 Å². The minimum absolute atomic E-state index is 0. The highest BCUT2D eigenvalue weighted by molar-refractivity contribution is 7.89. The minimum Gasteiger partial charge on any atom is -0.486 e. The molecule has 1 N–H and O–H groups in total. The van der Waals surface area contributed by atoms with Crippen LogP contribution >= 0.6 is 12.4 Å². The fourth-order valence-electron chi connectivity index (χ4n) is 3.49. The van der Waals surface area contributed by atoms with Gasteiger partial charge in [-0.3, -0.25) is 4.90 Å². The van der Waals surface area contributed by atoms with Crippen LogP contribution in [0.3, 0.4) is 0 Å². The molecule has 2 aromatic carbocycles. The van der Waals surface area contributed by atoms with Gasteiger partial charge in [-0.1, -0.05) is 12.1 Å².